The normalized spacial score (nSPS) is 12.2. The van der Waals surface area contributed by atoms with Crippen molar-refractivity contribution in [1.82, 2.24) is 8.97 Å². The maximum Gasteiger partial charge on any atom is 0.248 e. The molecule has 10 N–H and O–H groups in total. The number of benzene rings is 8. The zero-order chi connectivity index (χ0) is 45.9. The molecule has 0 amide bonds. The fourth-order valence-electron chi connectivity index (χ4n) is 9.84. The Morgan fingerprint density at radius 2 is 1.05 bits per heavy atom. The second kappa shape index (κ2) is 13.2. The topological polar surface area (TPSA) is 238 Å². The Kier molecular flexibility index (Phi) is 7.75. The Morgan fingerprint density at radius 1 is 0.455 bits per heavy atom. The van der Waals surface area contributed by atoms with Gasteiger partial charge in [0.25, 0.3) is 0 Å². The Bertz CT molecular complexity index is 4230. The SMILES string of the molecule is [B]c1c(O)c(O)c2c(c1O)c1c(C)c3c(ooc4c(O)c(O)c(O)c5c6c(O)c(O)c(O)c(C)c6n3c45)c(O)c1n2-c1cccc(-c2cccc(-c3cccc4c3sc3ccccc34)c2)c1. The molecule has 0 aliphatic rings. The summed E-state index contributed by atoms with van der Waals surface area (Å²) in [5.41, 5.74) is 1.69. The van der Waals surface area contributed by atoms with Crippen LogP contribution in [0, 0.1) is 13.8 Å². The summed E-state index contributed by atoms with van der Waals surface area (Å²) in [6.45, 7) is 2.95. The van der Waals surface area contributed by atoms with E-state index in [-0.39, 0.29) is 60.3 Å². The first kappa shape index (κ1) is 38.9. The number of aromatic hydroxyl groups is 10. The maximum atomic E-state index is 12.6. The van der Waals surface area contributed by atoms with Crippen molar-refractivity contribution in [2.75, 3.05) is 0 Å². The molecule has 0 unspecified atom stereocenters. The van der Waals surface area contributed by atoms with Crippen molar-refractivity contribution < 1.29 is 60.2 Å². The number of nitrogens with zero attached hydrogens (tertiary/aromatic N) is 2. The first-order valence-corrected chi connectivity index (χ1v) is 21.1. The van der Waals surface area contributed by atoms with Crippen LogP contribution < -0.4 is 5.46 Å². The Labute approximate surface area is 374 Å². The van der Waals surface area contributed by atoms with Crippen LogP contribution in [-0.2, 0) is 0 Å². The minimum Gasteiger partial charge on any atom is -0.508 e. The van der Waals surface area contributed by atoms with Crippen molar-refractivity contribution in [2.24, 2.45) is 0 Å². The molecule has 16 heteroatoms. The molecule has 12 rings (SSSR count). The molecular formula is C50H31BN2O12S. The largest absolute Gasteiger partial charge is 0.508 e. The van der Waals surface area contributed by atoms with E-state index in [1.807, 2.05) is 42.5 Å². The van der Waals surface area contributed by atoms with Crippen LogP contribution in [0.5, 0.6) is 57.5 Å². The van der Waals surface area contributed by atoms with Gasteiger partial charge in [-0.3, -0.25) is 9.15 Å². The molecule has 0 saturated carbocycles. The van der Waals surface area contributed by atoms with Crippen LogP contribution in [0.2, 0.25) is 0 Å². The van der Waals surface area contributed by atoms with Crippen molar-refractivity contribution in [1.29, 1.82) is 0 Å². The lowest BCUT2D eigenvalue weighted by Gasteiger charge is -2.14. The highest BCUT2D eigenvalue weighted by atomic mass is 32.1. The van der Waals surface area contributed by atoms with Crippen LogP contribution in [0.3, 0.4) is 0 Å². The Hall–Kier alpha value is -8.76. The van der Waals surface area contributed by atoms with E-state index in [0.717, 1.165) is 26.8 Å². The monoisotopic (exact) mass is 894 g/mol. The number of aromatic nitrogens is 2. The highest BCUT2D eigenvalue weighted by Gasteiger charge is 2.34. The first-order chi connectivity index (χ1) is 31.7. The van der Waals surface area contributed by atoms with Gasteiger partial charge in [-0.25, -0.2) is 0 Å². The third-order valence-electron chi connectivity index (χ3n) is 12.9. The smallest absolute Gasteiger partial charge is 0.248 e. The fourth-order valence-corrected chi connectivity index (χ4v) is 11.1. The highest BCUT2D eigenvalue weighted by molar-refractivity contribution is 7.26. The zero-order valence-electron chi connectivity index (χ0n) is 34.3. The third-order valence-corrected chi connectivity index (χ3v) is 14.1. The molecule has 0 aliphatic heterocycles. The predicted octanol–water partition coefficient (Wildman–Crippen LogP) is 10.4. The lowest BCUT2D eigenvalue weighted by molar-refractivity contribution is 0.0877. The summed E-state index contributed by atoms with van der Waals surface area (Å²) in [5.74, 6) is -8.51. The van der Waals surface area contributed by atoms with E-state index >= 15 is 0 Å². The summed E-state index contributed by atoms with van der Waals surface area (Å²) in [5, 5.41) is 116. The van der Waals surface area contributed by atoms with Gasteiger partial charge in [0.2, 0.25) is 28.4 Å². The second-order valence-corrected chi connectivity index (χ2v) is 17.4. The average Bonchev–Trinajstić information content (AvgIpc) is 3.97. The second-order valence-electron chi connectivity index (χ2n) is 16.3. The molecule has 12 aromatic rings. The van der Waals surface area contributed by atoms with Crippen molar-refractivity contribution >= 4 is 105 Å². The van der Waals surface area contributed by atoms with Crippen LogP contribution in [0.15, 0.2) is 100 Å². The number of thiophene rings is 1. The fraction of sp³-hybridized carbons (Fsp3) is 0.0400. The molecule has 2 radical (unpaired) electrons. The van der Waals surface area contributed by atoms with E-state index in [1.165, 1.54) is 26.0 Å². The number of hydrogen-bond donors (Lipinski definition) is 10. The molecule has 0 aliphatic carbocycles. The van der Waals surface area contributed by atoms with E-state index in [0.29, 0.717) is 11.3 Å². The summed E-state index contributed by atoms with van der Waals surface area (Å²) in [6, 6.07) is 29.7. The Balaban J connectivity index is 1.20. The van der Waals surface area contributed by atoms with Gasteiger partial charge in [0.1, 0.15) is 35.7 Å². The molecule has 0 spiro atoms. The van der Waals surface area contributed by atoms with Gasteiger partial charge in [-0.2, -0.15) is 0 Å². The highest BCUT2D eigenvalue weighted by Crippen LogP contribution is 2.57. The molecule has 4 heterocycles. The summed E-state index contributed by atoms with van der Waals surface area (Å²) in [4.78, 5) is 0. The van der Waals surface area contributed by atoms with E-state index in [1.54, 1.807) is 36.5 Å². The van der Waals surface area contributed by atoms with E-state index < -0.39 is 74.1 Å². The van der Waals surface area contributed by atoms with Gasteiger partial charge in [-0.15, -0.1) is 11.3 Å². The predicted molar refractivity (Wildman–Crippen MR) is 253 cm³/mol. The van der Waals surface area contributed by atoms with Crippen LogP contribution in [-0.4, -0.2) is 67.9 Å². The van der Waals surface area contributed by atoms with E-state index in [2.05, 4.69) is 30.3 Å². The maximum absolute atomic E-state index is 12.6. The Morgan fingerprint density at radius 3 is 1.80 bits per heavy atom. The standard InChI is InChI=1S/C50H31BN2O12S/c1-18-28-29-36(43(59)42(58)32(51)39(29)55)52(23-11-6-9-21(17-23)20-8-5-10-22(16-20)24-13-7-14-26-25-12-3-4-15-27(25)66-50(24)26)35(28)44(60)48-34(18)53-33-19(2)38(54)45(61)40(56)30(33)31-37(53)49(65-64-48)47(63)46(62)41(31)57/h3-17,54-63H,1-2H3. The zero-order valence-corrected chi connectivity index (χ0v) is 35.1. The lowest BCUT2D eigenvalue weighted by atomic mass is 9.90. The number of phenolic OH excluding ortho intramolecular Hbond substituents is 10. The lowest BCUT2D eigenvalue weighted by Crippen LogP contribution is -2.05. The summed E-state index contributed by atoms with van der Waals surface area (Å²) in [7, 11) is 6.22. The van der Waals surface area contributed by atoms with Crippen molar-refractivity contribution in [2.45, 2.75) is 13.8 Å². The summed E-state index contributed by atoms with van der Waals surface area (Å²) < 4.78 is 16.5. The number of aryl methyl sites for hydroxylation is 2. The minimum atomic E-state index is -1.07. The van der Waals surface area contributed by atoms with Gasteiger partial charge in [0, 0.05) is 36.8 Å². The van der Waals surface area contributed by atoms with Gasteiger partial charge in [-0.1, -0.05) is 66.7 Å². The van der Waals surface area contributed by atoms with Crippen LogP contribution in [0.4, 0.5) is 0 Å². The first-order valence-electron chi connectivity index (χ1n) is 20.3. The van der Waals surface area contributed by atoms with Crippen molar-refractivity contribution in [3.63, 3.8) is 0 Å². The molecule has 8 aromatic carbocycles. The molecule has 0 saturated heterocycles. The van der Waals surface area contributed by atoms with Crippen LogP contribution in [0.1, 0.15) is 11.1 Å². The third kappa shape index (κ3) is 4.74. The number of hydrogen-bond acceptors (Lipinski definition) is 13. The molecule has 0 bridgehead atoms. The summed E-state index contributed by atoms with van der Waals surface area (Å²) >= 11 is 1.72. The van der Waals surface area contributed by atoms with Crippen LogP contribution in [0.25, 0.3) is 108 Å². The van der Waals surface area contributed by atoms with Crippen molar-refractivity contribution in [3.8, 4) is 85.4 Å². The van der Waals surface area contributed by atoms with Gasteiger partial charge >= 0.3 is 0 Å². The quantitative estimate of drug-likeness (QED) is 0.0345. The number of phenols is 10. The number of fused-ring (bicyclic) bond motifs is 11. The molecule has 322 valence electrons. The van der Waals surface area contributed by atoms with Gasteiger partial charge in [0.15, 0.2) is 34.5 Å². The molecule has 0 fully saturated rings. The molecular weight excluding hydrogens is 863 g/mol. The molecule has 14 nitrogen and oxygen atoms in total. The average molecular weight is 895 g/mol. The van der Waals surface area contributed by atoms with Crippen molar-refractivity contribution in [3.05, 3.63) is 102 Å². The van der Waals surface area contributed by atoms with Crippen LogP contribution >= 0.6 is 11.3 Å². The van der Waals surface area contributed by atoms with Gasteiger partial charge in [0.05, 0.1) is 21.7 Å². The van der Waals surface area contributed by atoms with Gasteiger partial charge in [-0.05, 0) is 71.4 Å². The van der Waals surface area contributed by atoms with E-state index in [4.69, 9.17) is 17.0 Å². The molecule has 0 atom stereocenters. The number of rotatable bonds is 3. The summed E-state index contributed by atoms with van der Waals surface area (Å²) in [6.07, 6.45) is 0. The van der Waals surface area contributed by atoms with E-state index in [9.17, 15) is 51.1 Å². The molecule has 66 heavy (non-hydrogen) atoms. The minimum absolute atomic E-state index is 0.0590. The molecule has 4 aromatic heterocycles. The van der Waals surface area contributed by atoms with Gasteiger partial charge < -0.3 is 60.0 Å².